The molecular weight excluding hydrogens is 486 g/mol. The summed E-state index contributed by atoms with van der Waals surface area (Å²) in [6.07, 6.45) is 5.70. The van der Waals surface area contributed by atoms with Crippen molar-refractivity contribution in [3.05, 3.63) is 47.7 Å². The van der Waals surface area contributed by atoms with Crippen LogP contribution in [-0.2, 0) is 27.2 Å². The van der Waals surface area contributed by atoms with Gasteiger partial charge < -0.3 is 28.4 Å². The third-order valence-electron chi connectivity index (χ3n) is 7.48. The van der Waals surface area contributed by atoms with Gasteiger partial charge in [0, 0.05) is 36.3 Å². The minimum atomic E-state index is -0.736. The van der Waals surface area contributed by atoms with Gasteiger partial charge in [0.25, 0.3) is 0 Å². The Hall–Kier alpha value is -3.24. The van der Waals surface area contributed by atoms with Gasteiger partial charge >= 0.3 is 6.09 Å². The molecule has 0 aromatic carbocycles. The molecule has 1 saturated heterocycles. The number of amides is 1. The summed E-state index contributed by atoms with van der Waals surface area (Å²) in [4.78, 5) is 28.0. The molecule has 0 radical (unpaired) electrons. The maximum absolute atomic E-state index is 12.8. The second kappa shape index (κ2) is 8.91. The van der Waals surface area contributed by atoms with Gasteiger partial charge in [-0.3, -0.25) is 0 Å². The van der Waals surface area contributed by atoms with E-state index in [0.29, 0.717) is 31.8 Å². The minimum absolute atomic E-state index is 0.0311. The zero-order chi connectivity index (χ0) is 26.8. The van der Waals surface area contributed by atoms with Crippen LogP contribution in [0.1, 0.15) is 63.9 Å². The van der Waals surface area contributed by atoms with Crippen LogP contribution >= 0.6 is 0 Å². The van der Waals surface area contributed by atoms with Crippen molar-refractivity contribution in [2.45, 2.75) is 96.7 Å². The molecule has 3 aromatic rings. The molecule has 202 valence electrons. The van der Waals surface area contributed by atoms with Gasteiger partial charge in [0.15, 0.2) is 5.79 Å². The van der Waals surface area contributed by atoms with Crippen LogP contribution in [0.3, 0.4) is 0 Å². The quantitative estimate of drug-likeness (QED) is 0.502. The third-order valence-corrected chi connectivity index (χ3v) is 7.48. The lowest BCUT2D eigenvalue weighted by Gasteiger charge is -2.32. The Kier molecular flexibility index (Phi) is 5.88. The molecule has 0 bridgehead atoms. The van der Waals surface area contributed by atoms with Crippen LogP contribution in [0.15, 0.2) is 30.9 Å². The number of rotatable bonds is 3. The molecule has 0 spiro atoms. The number of aryl methyl sites for hydroxylation is 1. The van der Waals surface area contributed by atoms with Crippen molar-refractivity contribution >= 4 is 17.1 Å². The van der Waals surface area contributed by atoms with E-state index in [1.807, 2.05) is 53.8 Å². The van der Waals surface area contributed by atoms with E-state index < -0.39 is 11.4 Å². The highest BCUT2D eigenvalue weighted by Crippen LogP contribution is 2.46. The standard InChI is InChI=1S/C28H35N5O5/c1-16-18-9-12-33(24(18)31-15-30-16)20-13-21(23-22(20)36-28(5,6)37-23)35-25-19-14-32(26(34)38-27(2,3)4)11-8-17(19)7-10-29-25/h7,9-10,12,15,20-23H,8,11,13-14H2,1-6H3/t20-,21+,22+,23-/m1/s1. The molecule has 0 unspecified atom stereocenters. The number of hydrogen-bond donors (Lipinski definition) is 0. The highest BCUT2D eigenvalue weighted by molar-refractivity contribution is 5.78. The SMILES string of the molecule is Cc1ncnc2c1ccn2[C@@H]1C[C@H](Oc2nccc3c2CN(C(=O)OC(C)(C)C)CC3)[C@H]2OC(C)(C)O[C@H]21. The van der Waals surface area contributed by atoms with Crippen LogP contribution in [0.5, 0.6) is 5.88 Å². The van der Waals surface area contributed by atoms with Crippen molar-refractivity contribution in [3.8, 4) is 5.88 Å². The molecule has 3 aliphatic rings. The monoisotopic (exact) mass is 521 g/mol. The maximum atomic E-state index is 12.8. The van der Waals surface area contributed by atoms with Crippen LogP contribution in [0.25, 0.3) is 11.0 Å². The Labute approximate surface area is 222 Å². The lowest BCUT2D eigenvalue weighted by molar-refractivity contribution is -0.164. The minimum Gasteiger partial charge on any atom is -0.471 e. The second-order valence-electron chi connectivity index (χ2n) is 11.8. The van der Waals surface area contributed by atoms with E-state index >= 15 is 0 Å². The molecule has 1 aliphatic carbocycles. The summed E-state index contributed by atoms with van der Waals surface area (Å²) in [5, 5.41) is 1.02. The predicted octanol–water partition coefficient (Wildman–Crippen LogP) is 4.34. The molecule has 1 amide bonds. The van der Waals surface area contributed by atoms with Gasteiger partial charge in [-0.1, -0.05) is 0 Å². The number of ether oxygens (including phenoxy) is 4. The van der Waals surface area contributed by atoms with Gasteiger partial charge in [0.2, 0.25) is 5.88 Å². The van der Waals surface area contributed by atoms with Gasteiger partial charge in [0.1, 0.15) is 35.9 Å². The number of carbonyl (C=O) groups excluding carboxylic acids is 1. The Morgan fingerprint density at radius 2 is 1.92 bits per heavy atom. The Morgan fingerprint density at radius 1 is 1.13 bits per heavy atom. The lowest BCUT2D eigenvalue weighted by atomic mass is 10.0. The number of nitrogens with zero attached hydrogens (tertiary/aromatic N) is 5. The fourth-order valence-corrected chi connectivity index (χ4v) is 5.83. The number of aromatic nitrogens is 4. The number of pyridine rings is 1. The summed E-state index contributed by atoms with van der Waals surface area (Å²) in [5.41, 5.74) is 3.30. The third kappa shape index (κ3) is 4.49. The van der Waals surface area contributed by atoms with E-state index in [0.717, 1.165) is 27.9 Å². The van der Waals surface area contributed by atoms with Crippen molar-refractivity contribution in [3.63, 3.8) is 0 Å². The normalized spacial score (nSPS) is 26.3. The van der Waals surface area contributed by atoms with Gasteiger partial charge in [-0.2, -0.15) is 0 Å². The molecule has 2 aliphatic heterocycles. The molecule has 2 fully saturated rings. The van der Waals surface area contributed by atoms with Crippen LogP contribution < -0.4 is 4.74 Å². The molecule has 5 heterocycles. The molecule has 6 rings (SSSR count). The van der Waals surface area contributed by atoms with E-state index in [2.05, 4.69) is 25.6 Å². The van der Waals surface area contributed by atoms with E-state index in [1.54, 1.807) is 17.4 Å². The summed E-state index contributed by atoms with van der Waals surface area (Å²) < 4.78 is 27.2. The summed E-state index contributed by atoms with van der Waals surface area (Å²) in [6, 6.07) is 4.02. The number of hydrogen-bond acceptors (Lipinski definition) is 8. The zero-order valence-corrected chi connectivity index (χ0v) is 22.8. The van der Waals surface area contributed by atoms with Crippen molar-refractivity contribution in [2.24, 2.45) is 0 Å². The smallest absolute Gasteiger partial charge is 0.410 e. The molecule has 3 aromatic heterocycles. The zero-order valence-electron chi connectivity index (χ0n) is 22.8. The van der Waals surface area contributed by atoms with E-state index in [-0.39, 0.29) is 30.4 Å². The maximum Gasteiger partial charge on any atom is 0.410 e. The fourth-order valence-electron chi connectivity index (χ4n) is 5.83. The topological polar surface area (TPSA) is 101 Å². The number of carbonyl (C=O) groups is 1. The summed E-state index contributed by atoms with van der Waals surface area (Å²) in [7, 11) is 0. The molecular formula is C28H35N5O5. The van der Waals surface area contributed by atoms with E-state index in [1.165, 1.54) is 0 Å². The second-order valence-corrected chi connectivity index (χ2v) is 11.8. The fraction of sp³-hybridized carbons (Fsp3) is 0.571. The Morgan fingerprint density at radius 3 is 2.71 bits per heavy atom. The van der Waals surface area contributed by atoms with Crippen molar-refractivity contribution < 1.29 is 23.7 Å². The van der Waals surface area contributed by atoms with Gasteiger partial charge in [-0.15, -0.1) is 0 Å². The van der Waals surface area contributed by atoms with Gasteiger partial charge in [-0.25, -0.2) is 19.7 Å². The lowest BCUT2D eigenvalue weighted by Crippen LogP contribution is -2.40. The van der Waals surface area contributed by atoms with Crippen molar-refractivity contribution in [1.29, 1.82) is 0 Å². The predicted molar refractivity (Wildman–Crippen MR) is 139 cm³/mol. The first kappa shape index (κ1) is 25.1. The van der Waals surface area contributed by atoms with Crippen molar-refractivity contribution in [2.75, 3.05) is 6.54 Å². The molecule has 0 N–H and O–H groups in total. The summed E-state index contributed by atoms with van der Waals surface area (Å²) in [6.45, 7) is 12.4. The molecule has 10 heteroatoms. The van der Waals surface area contributed by atoms with Crippen LogP contribution in [0.2, 0.25) is 0 Å². The Balaban J connectivity index is 1.29. The molecule has 4 atom stereocenters. The van der Waals surface area contributed by atoms with Gasteiger partial charge in [0.05, 0.1) is 18.3 Å². The Bertz CT molecular complexity index is 1380. The van der Waals surface area contributed by atoms with Gasteiger partial charge in [-0.05, 0) is 65.7 Å². The molecule has 10 nitrogen and oxygen atoms in total. The van der Waals surface area contributed by atoms with Crippen LogP contribution in [0, 0.1) is 6.92 Å². The molecule has 1 saturated carbocycles. The highest BCUT2D eigenvalue weighted by atomic mass is 16.8. The average molecular weight is 522 g/mol. The van der Waals surface area contributed by atoms with E-state index in [9.17, 15) is 4.79 Å². The first-order chi connectivity index (χ1) is 18.0. The van der Waals surface area contributed by atoms with Crippen molar-refractivity contribution in [1.82, 2.24) is 24.4 Å². The number of fused-ring (bicyclic) bond motifs is 3. The van der Waals surface area contributed by atoms with Crippen LogP contribution in [-0.4, -0.2) is 66.8 Å². The van der Waals surface area contributed by atoms with E-state index in [4.69, 9.17) is 18.9 Å². The first-order valence-corrected chi connectivity index (χ1v) is 13.2. The first-order valence-electron chi connectivity index (χ1n) is 13.2. The summed E-state index contributed by atoms with van der Waals surface area (Å²) in [5.74, 6) is -0.204. The highest BCUT2D eigenvalue weighted by Gasteiger charge is 2.56. The largest absolute Gasteiger partial charge is 0.471 e. The summed E-state index contributed by atoms with van der Waals surface area (Å²) >= 11 is 0. The average Bonchev–Trinajstić information content (AvgIpc) is 3.50. The van der Waals surface area contributed by atoms with Crippen LogP contribution in [0.4, 0.5) is 4.79 Å². The molecule has 38 heavy (non-hydrogen) atoms.